The van der Waals surface area contributed by atoms with Crippen LogP contribution >= 0.6 is 22.9 Å². The first-order valence-electron chi connectivity index (χ1n) is 5.98. The molecule has 2 rings (SSSR count). The molecule has 1 aromatic heterocycles. The number of nitrogens with two attached hydrogens (primary N) is 1. The van der Waals surface area contributed by atoms with E-state index in [1.165, 1.54) is 11.3 Å². The Balaban J connectivity index is 2.22. The third kappa shape index (κ3) is 3.39. The van der Waals surface area contributed by atoms with E-state index in [0.29, 0.717) is 9.90 Å². The fourth-order valence-electron chi connectivity index (χ4n) is 1.83. The highest BCUT2D eigenvalue weighted by Gasteiger charge is 2.21. The average molecular weight is 331 g/mol. The molecule has 7 heteroatoms. The minimum absolute atomic E-state index is 0.212. The van der Waals surface area contributed by atoms with Gasteiger partial charge in [0.15, 0.2) is 0 Å². The molecular formula is C13H15ClN2O2S2. The molecule has 0 spiro atoms. The topological polar surface area (TPSA) is 72.2 Å². The van der Waals surface area contributed by atoms with Crippen LogP contribution in [0.25, 0.3) is 0 Å². The molecule has 1 unspecified atom stereocenters. The Hall–Kier alpha value is -0.920. The summed E-state index contributed by atoms with van der Waals surface area (Å²) in [5.41, 5.74) is 6.40. The van der Waals surface area contributed by atoms with Crippen molar-refractivity contribution in [3.8, 4) is 0 Å². The molecule has 108 valence electrons. The summed E-state index contributed by atoms with van der Waals surface area (Å²) < 4.78 is 27.3. The second kappa shape index (κ2) is 6.24. The van der Waals surface area contributed by atoms with Gasteiger partial charge >= 0.3 is 0 Å². The van der Waals surface area contributed by atoms with E-state index in [-0.39, 0.29) is 17.5 Å². The highest BCUT2D eigenvalue weighted by molar-refractivity contribution is 7.89. The lowest BCUT2D eigenvalue weighted by Gasteiger charge is -2.15. The molecular weight excluding hydrogens is 316 g/mol. The molecule has 0 radical (unpaired) electrons. The van der Waals surface area contributed by atoms with Crippen molar-refractivity contribution in [1.29, 1.82) is 0 Å². The van der Waals surface area contributed by atoms with Crippen LogP contribution in [0, 0.1) is 0 Å². The summed E-state index contributed by atoms with van der Waals surface area (Å²) in [5.74, 6) is 0. The highest BCUT2D eigenvalue weighted by Crippen LogP contribution is 2.24. The molecule has 0 amide bonds. The minimum Gasteiger partial charge on any atom is -0.326 e. The van der Waals surface area contributed by atoms with Crippen LogP contribution in [-0.2, 0) is 16.6 Å². The number of hydrogen-bond donors (Lipinski definition) is 2. The second-order valence-corrected chi connectivity index (χ2v) is 7.43. The van der Waals surface area contributed by atoms with Gasteiger partial charge in [-0.1, -0.05) is 23.7 Å². The molecule has 2 aromatic rings. The number of thiophene rings is 1. The quantitative estimate of drug-likeness (QED) is 0.885. The van der Waals surface area contributed by atoms with Crippen molar-refractivity contribution in [3.63, 3.8) is 0 Å². The lowest BCUT2D eigenvalue weighted by molar-refractivity contribution is 0.566. The molecule has 0 aliphatic carbocycles. The molecule has 0 saturated carbocycles. The van der Waals surface area contributed by atoms with Gasteiger partial charge in [0.25, 0.3) is 0 Å². The maximum atomic E-state index is 12.3. The van der Waals surface area contributed by atoms with Crippen molar-refractivity contribution in [2.45, 2.75) is 24.4 Å². The van der Waals surface area contributed by atoms with Crippen LogP contribution in [0.15, 0.2) is 40.6 Å². The molecule has 1 atom stereocenters. The van der Waals surface area contributed by atoms with Crippen LogP contribution < -0.4 is 10.5 Å². The van der Waals surface area contributed by atoms with Gasteiger partial charge in [-0.2, -0.15) is 0 Å². The van der Waals surface area contributed by atoms with E-state index in [1.54, 1.807) is 42.6 Å². The predicted octanol–water partition coefficient (Wildman–Crippen LogP) is 2.90. The molecule has 0 aliphatic rings. The Kier molecular flexibility index (Phi) is 4.82. The number of sulfonamides is 1. The molecule has 0 aliphatic heterocycles. The largest absolute Gasteiger partial charge is 0.326 e. The summed E-state index contributed by atoms with van der Waals surface area (Å²) in [4.78, 5) is 0.909. The molecule has 0 bridgehead atoms. The van der Waals surface area contributed by atoms with Gasteiger partial charge in [0.1, 0.15) is 0 Å². The van der Waals surface area contributed by atoms with Crippen molar-refractivity contribution in [2.24, 2.45) is 5.73 Å². The maximum absolute atomic E-state index is 12.3. The molecule has 1 heterocycles. The highest BCUT2D eigenvalue weighted by atomic mass is 35.5. The van der Waals surface area contributed by atoms with Crippen molar-refractivity contribution in [2.75, 3.05) is 0 Å². The van der Waals surface area contributed by atoms with Gasteiger partial charge in [0.05, 0.1) is 4.90 Å². The van der Waals surface area contributed by atoms with Crippen LogP contribution in [0.1, 0.15) is 23.4 Å². The SMILES string of the molecule is CC(NS(=O)(=O)c1ccsc1CN)c1ccc(Cl)cc1. The van der Waals surface area contributed by atoms with E-state index in [9.17, 15) is 8.42 Å². The molecule has 1 aromatic carbocycles. The van der Waals surface area contributed by atoms with Gasteiger partial charge < -0.3 is 5.73 Å². The Morgan fingerprint density at radius 1 is 1.30 bits per heavy atom. The minimum atomic E-state index is -3.57. The zero-order valence-electron chi connectivity index (χ0n) is 10.8. The number of rotatable bonds is 5. The zero-order chi connectivity index (χ0) is 14.8. The van der Waals surface area contributed by atoms with E-state index in [1.807, 2.05) is 0 Å². The van der Waals surface area contributed by atoms with E-state index in [2.05, 4.69) is 4.72 Å². The van der Waals surface area contributed by atoms with Crippen molar-refractivity contribution in [1.82, 2.24) is 4.72 Å². The Morgan fingerprint density at radius 3 is 2.55 bits per heavy atom. The van der Waals surface area contributed by atoms with Gasteiger partial charge in [-0.25, -0.2) is 13.1 Å². The molecule has 0 fully saturated rings. The zero-order valence-corrected chi connectivity index (χ0v) is 13.2. The number of halogens is 1. The van der Waals surface area contributed by atoms with Crippen LogP contribution in [-0.4, -0.2) is 8.42 Å². The molecule has 3 N–H and O–H groups in total. The normalized spacial score (nSPS) is 13.3. The molecule has 20 heavy (non-hydrogen) atoms. The smallest absolute Gasteiger partial charge is 0.242 e. The van der Waals surface area contributed by atoms with Crippen LogP contribution in [0.5, 0.6) is 0 Å². The Bertz CT molecular complexity index is 681. The van der Waals surface area contributed by atoms with Gasteiger partial charge in [-0.15, -0.1) is 11.3 Å². The lowest BCUT2D eigenvalue weighted by Crippen LogP contribution is -2.27. The summed E-state index contributed by atoms with van der Waals surface area (Å²) >= 11 is 7.16. The van der Waals surface area contributed by atoms with Gasteiger partial charge in [0.2, 0.25) is 10.0 Å². The first-order valence-corrected chi connectivity index (χ1v) is 8.72. The summed E-state index contributed by atoms with van der Waals surface area (Å²) in [6, 6.07) is 8.29. The molecule has 4 nitrogen and oxygen atoms in total. The standard InChI is InChI=1S/C13H15ClN2O2S2/c1-9(10-2-4-11(14)5-3-10)16-20(17,18)13-6-7-19-12(13)8-15/h2-7,9,16H,8,15H2,1H3. The average Bonchev–Trinajstić information content (AvgIpc) is 2.88. The van der Waals surface area contributed by atoms with E-state index >= 15 is 0 Å². The van der Waals surface area contributed by atoms with Gasteiger partial charge in [0, 0.05) is 22.5 Å². The van der Waals surface area contributed by atoms with Crippen molar-refractivity contribution in [3.05, 3.63) is 51.2 Å². The van der Waals surface area contributed by atoms with Crippen LogP contribution in [0.4, 0.5) is 0 Å². The number of nitrogens with one attached hydrogen (secondary N) is 1. The molecule has 0 saturated heterocycles. The fourth-order valence-corrected chi connectivity index (χ4v) is 4.53. The van der Waals surface area contributed by atoms with E-state index in [0.717, 1.165) is 5.56 Å². The van der Waals surface area contributed by atoms with E-state index < -0.39 is 10.0 Å². The van der Waals surface area contributed by atoms with Crippen molar-refractivity contribution >= 4 is 33.0 Å². The third-order valence-corrected chi connectivity index (χ3v) is 5.83. The summed E-state index contributed by atoms with van der Waals surface area (Å²) in [7, 11) is -3.57. The monoisotopic (exact) mass is 330 g/mol. The number of hydrogen-bond acceptors (Lipinski definition) is 4. The third-order valence-electron chi connectivity index (χ3n) is 2.88. The van der Waals surface area contributed by atoms with Crippen LogP contribution in [0.3, 0.4) is 0 Å². The summed E-state index contributed by atoms with van der Waals surface area (Å²) in [6.07, 6.45) is 0. The maximum Gasteiger partial charge on any atom is 0.242 e. The Labute approximate surface area is 127 Å². The second-order valence-electron chi connectivity index (χ2n) is 4.31. The van der Waals surface area contributed by atoms with Gasteiger partial charge in [-0.05, 0) is 36.1 Å². The number of benzene rings is 1. The predicted molar refractivity (Wildman–Crippen MR) is 82.4 cm³/mol. The van der Waals surface area contributed by atoms with Crippen molar-refractivity contribution < 1.29 is 8.42 Å². The Morgan fingerprint density at radius 2 is 1.95 bits per heavy atom. The lowest BCUT2D eigenvalue weighted by atomic mass is 10.1. The van der Waals surface area contributed by atoms with Crippen LogP contribution in [0.2, 0.25) is 5.02 Å². The summed E-state index contributed by atoms with van der Waals surface area (Å²) in [5, 5.41) is 2.34. The van der Waals surface area contributed by atoms with E-state index in [4.69, 9.17) is 17.3 Å². The van der Waals surface area contributed by atoms with Gasteiger partial charge in [-0.3, -0.25) is 0 Å². The summed E-state index contributed by atoms with van der Waals surface area (Å²) in [6.45, 7) is 2.00. The fraction of sp³-hybridized carbons (Fsp3) is 0.231. The first kappa shape index (κ1) is 15.5. The first-order chi connectivity index (χ1) is 9.44.